The summed E-state index contributed by atoms with van der Waals surface area (Å²) in [5, 5.41) is 1.89. The van der Waals surface area contributed by atoms with Crippen molar-refractivity contribution in [3.8, 4) is 0 Å². The quantitative estimate of drug-likeness (QED) is 0.924. The molecule has 1 aliphatic heterocycles. The molecule has 2 atom stereocenters. The molecule has 2 rings (SSSR count). The largest absolute Gasteiger partial charge is 0.326 e. The monoisotopic (exact) mass is 328 g/mol. The Morgan fingerprint density at radius 1 is 1.33 bits per heavy atom. The average molecular weight is 329 g/mol. The standard InChI is InChI=1S/C15H21ClN2O2S/c1-12(17)15-4-2-3-10-18(15)21(19,20)11-9-13-5-7-14(16)8-6-13/h5-9,11-12,15H,2-4,10,17H2,1H3. The van der Waals surface area contributed by atoms with Crippen LogP contribution in [0.1, 0.15) is 31.7 Å². The molecule has 1 aliphatic rings. The first-order valence-corrected chi connectivity index (χ1v) is 8.99. The van der Waals surface area contributed by atoms with E-state index in [9.17, 15) is 8.42 Å². The van der Waals surface area contributed by atoms with Crippen LogP contribution in [0.5, 0.6) is 0 Å². The molecule has 1 heterocycles. The van der Waals surface area contributed by atoms with Crippen molar-refractivity contribution in [2.75, 3.05) is 6.54 Å². The molecule has 1 fully saturated rings. The Bertz CT molecular complexity index is 597. The third-order valence-electron chi connectivity index (χ3n) is 3.73. The lowest BCUT2D eigenvalue weighted by Gasteiger charge is -2.36. The maximum Gasteiger partial charge on any atom is 0.236 e. The topological polar surface area (TPSA) is 63.4 Å². The molecule has 21 heavy (non-hydrogen) atoms. The number of piperidine rings is 1. The smallest absolute Gasteiger partial charge is 0.236 e. The predicted octanol–water partition coefficient (Wildman–Crippen LogP) is 2.84. The molecule has 2 N–H and O–H groups in total. The van der Waals surface area contributed by atoms with E-state index in [1.54, 1.807) is 30.3 Å². The summed E-state index contributed by atoms with van der Waals surface area (Å²) < 4.78 is 26.5. The number of hydrogen-bond donors (Lipinski definition) is 1. The van der Waals surface area contributed by atoms with E-state index in [0.29, 0.717) is 11.6 Å². The minimum atomic E-state index is -3.45. The molecule has 2 unspecified atom stereocenters. The highest BCUT2D eigenvalue weighted by atomic mass is 35.5. The Labute approximate surface area is 131 Å². The Morgan fingerprint density at radius 2 is 2.00 bits per heavy atom. The fraction of sp³-hybridized carbons (Fsp3) is 0.467. The molecule has 1 saturated heterocycles. The van der Waals surface area contributed by atoms with E-state index in [1.165, 1.54) is 9.71 Å². The highest BCUT2D eigenvalue weighted by molar-refractivity contribution is 7.92. The Balaban J connectivity index is 2.18. The summed E-state index contributed by atoms with van der Waals surface area (Å²) in [5.74, 6) is 0. The van der Waals surface area contributed by atoms with Gasteiger partial charge < -0.3 is 5.73 Å². The van der Waals surface area contributed by atoms with Crippen molar-refractivity contribution >= 4 is 27.7 Å². The summed E-state index contributed by atoms with van der Waals surface area (Å²) in [4.78, 5) is 0. The average Bonchev–Trinajstić information content (AvgIpc) is 2.47. The predicted molar refractivity (Wildman–Crippen MR) is 87.4 cm³/mol. The van der Waals surface area contributed by atoms with Crippen molar-refractivity contribution < 1.29 is 8.42 Å². The van der Waals surface area contributed by atoms with Gasteiger partial charge in [-0.2, -0.15) is 4.31 Å². The van der Waals surface area contributed by atoms with Gasteiger partial charge in [0.25, 0.3) is 0 Å². The van der Waals surface area contributed by atoms with Gasteiger partial charge in [0.15, 0.2) is 0 Å². The number of nitrogens with zero attached hydrogens (tertiary/aromatic N) is 1. The van der Waals surface area contributed by atoms with Crippen molar-refractivity contribution in [1.82, 2.24) is 4.31 Å². The van der Waals surface area contributed by atoms with Crippen LogP contribution >= 0.6 is 11.6 Å². The second-order valence-corrected chi connectivity index (χ2v) is 7.64. The van der Waals surface area contributed by atoms with Gasteiger partial charge in [0.05, 0.1) is 0 Å². The molecule has 1 aromatic rings. The summed E-state index contributed by atoms with van der Waals surface area (Å²) in [6.07, 6.45) is 4.33. The lowest BCUT2D eigenvalue weighted by atomic mass is 10.00. The molecule has 0 spiro atoms. The molecule has 1 aromatic carbocycles. The Kier molecular flexibility index (Phi) is 5.43. The van der Waals surface area contributed by atoms with Gasteiger partial charge in [0.2, 0.25) is 10.0 Å². The molecular weight excluding hydrogens is 308 g/mol. The summed E-state index contributed by atoms with van der Waals surface area (Å²) in [5.41, 5.74) is 6.74. The van der Waals surface area contributed by atoms with E-state index >= 15 is 0 Å². The van der Waals surface area contributed by atoms with E-state index in [0.717, 1.165) is 24.8 Å². The van der Waals surface area contributed by atoms with Crippen molar-refractivity contribution in [2.45, 2.75) is 38.3 Å². The van der Waals surface area contributed by atoms with Crippen molar-refractivity contribution in [1.29, 1.82) is 0 Å². The summed E-state index contributed by atoms with van der Waals surface area (Å²) in [6.45, 7) is 2.40. The van der Waals surface area contributed by atoms with E-state index < -0.39 is 10.0 Å². The maximum atomic E-state index is 12.5. The minimum absolute atomic E-state index is 0.112. The molecule has 4 nitrogen and oxygen atoms in total. The van der Waals surface area contributed by atoms with E-state index in [1.807, 2.05) is 6.92 Å². The third kappa shape index (κ3) is 4.30. The minimum Gasteiger partial charge on any atom is -0.326 e. The van der Waals surface area contributed by atoms with Crippen LogP contribution in [0.2, 0.25) is 5.02 Å². The van der Waals surface area contributed by atoms with Crippen molar-refractivity contribution in [3.05, 3.63) is 40.3 Å². The first-order valence-electron chi connectivity index (χ1n) is 7.11. The van der Waals surface area contributed by atoms with Crippen LogP contribution in [-0.4, -0.2) is 31.4 Å². The zero-order valence-electron chi connectivity index (χ0n) is 12.1. The lowest BCUT2D eigenvalue weighted by molar-refractivity contribution is 0.229. The summed E-state index contributed by atoms with van der Waals surface area (Å²) in [7, 11) is -3.45. The summed E-state index contributed by atoms with van der Waals surface area (Å²) >= 11 is 5.81. The molecule has 0 aromatic heterocycles. The van der Waals surface area contributed by atoms with E-state index in [-0.39, 0.29) is 12.1 Å². The highest BCUT2D eigenvalue weighted by Crippen LogP contribution is 2.23. The van der Waals surface area contributed by atoms with Gasteiger partial charge in [-0.05, 0) is 43.5 Å². The first kappa shape index (κ1) is 16.5. The molecule has 0 saturated carbocycles. The molecule has 0 radical (unpaired) electrons. The number of sulfonamides is 1. The van der Waals surface area contributed by atoms with Gasteiger partial charge in [-0.25, -0.2) is 8.42 Å². The number of rotatable bonds is 4. The van der Waals surface area contributed by atoms with Crippen molar-refractivity contribution in [3.63, 3.8) is 0 Å². The number of nitrogens with two attached hydrogens (primary N) is 1. The number of hydrogen-bond acceptors (Lipinski definition) is 3. The van der Waals surface area contributed by atoms with E-state index in [2.05, 4.69) is 0 Å². The maximum absolute atomic E-state index is 12.5. The fourth-order valence-electron chi connectivity index (χ4n) is 2.59. The van der Waals surface area contributed by atoms with Gasteiger partial charge in [0, 0.05) is 29.1 Å². The SMILES string of the molecule is CC(N)C1CCCCN1S(=O)(=O)C=Cc1ccc(Cl)cc1. The van der Waals surface area contributed by atoms with Gasteiger partial charge in [0.1, 0.15) is 0 Å². The van der Waals surface area contributed by atoms with Gasteiger partial charge >= 0.3 is 0 Å². The Morgan fingerprint density at radius 3 is 2.62 bits per heavy atom. The molecule has 6 heteroatoms. The van der Waals surface area contributed by atoms with Crippen molar-refractivity contribution in [2.24, 2.45) is 5.73 Å². The lowest BCUT2D eigenvalue weighted by Crippen LogP contribution is -2.50. The van der Waals surface area contributed by atoms with Crippen LogP contribution in [0.4, 0.5) is 0 Å². The van der Waals surface area contributed by atoms with Crippen LogP contribution in [0.25, 0.3) is 6.08 Å². The van der Waals surface area contributed by atoms with Crippen LogP contribution in [0, 0.1) is 0 Å². The second-order valence-electron chi connectivity index (χ2n) is 5.43. The molecule has 116 valence electrons. The second kappa shape index (κ2) is 6.92. The van der Waals surface area contributed by atoms with Gasteiger partial charge in [-0.15, -0.1) is 0 Å². The van der Waals surface area contributed by atoms with Crippen LogP contribution in [-0.2, 0) is 10.0 Å². The van der Waals surface area contributed by atoms with Gasteiger partial charge in [-0.1, -0.05) is 30.2 Å². The van der Waals surface area contributed by atoms with Gasteiger partial charge in [-0.3, -0.25) is 0 Å². The van der Waals surface area contributed by atoms with Crippen LogP contribution in [0.15, 0.2) is 29.7 Å². The molecular formula is C15H21ClN2O2S. The zero-order valence-corrected chi connectivity index (χ0v) is 13.6. The Hall–Kier alpha value is -0.880. The third-order valence-corrected chi connectivity index (χ3v) is 5.57. The normalized spacial score (nSPS) is 22.5. The zero-order chi connectivity index (χ0) is 15.5. The van der Waals surface area contributed by atoms with E-state index in [4.69, 9.17) is 17.3 Å². The number of benzene rings is 1. The fourth-order valence-corrected chi connectivity index (χ4v) is 4.26. The molecule has 0 bridgehead atoms. The molecule has 0 amide bonds. The highest BCUT2D eigenvalue weighted by Gasteiger charge is 2.32. The first-order chi connectivity index (χ1) is 9.90. The summed E-state index contributed by atoms with van der Waals surface area (Å²) in [6, 6.07) is 6.77. The van der Waals surface area contributed by atoms with Crippen LogP contribution < -0.4 is 5.73 Å². The number of halogens is 1. The molecule has 0 aliphatic carbocycles. The van der Waals surface area contributed by atoms with Crippen LogP contribution in [0.3, 0.4) is 0 Å².